The number of piperidine rings is 1. The third-order valence-electron chi connectivity index (χ3n) is 6.34. The van der Waals surface area contributed by atoms with Gasteiger partial charge in [-0.3, -0.25) is 9.69 Å². The fraction of sp³-hybridized carbons (Fsp3) is 0.346. The van der Waals surface area contributed by atoms with E-state index in [9.17, 15) is 4.79 Å². The predicted molar refractivity (Wildman–Crippen MR) is 131 cm³/mol. The summed E-state index contributed by atoms with van der Waals surface area (Å²) in [6.07, 6.45) is 2.38. The lowest BCUT2D eigenvalue weighted by molar-refractivity contribution is 0.102. The maximum atomic E-state index is 13.0. The molecule has 4 rings (SSSR count). The second-order valence-corrected chi connectivity index (χ2v) is 10.2. The summed E-state index contributed by atoms with van der Waals surface area (Å²) in [6.45, 7) is 8.75. The first-order valence-corrected chi connectivity index (χ1v) is 12.1. The maximum absolute atomic E-state index is 13.0. The van der Waals surface area contributed by atoms with Crippen LogP contribution in [0, 0.1) is 19.8 Å². The highest BCUT2D eigenvalue weighted by molar-refractivity contribution is 7.16. The normalized spacial score (nSPS) is 16.3. The fourth-order valence-corrected chi connectivity index (χ4v) is 5.54. The van der Waals surface area contributed by atoms with E-state index in [2.05, 4.69) is 43.1 Å². The summed E-state index contributed by atoms with van der Waals surface area (Å²) in [4.78, 5) is 16.8. The largest absolute Gasteiger partial charge is 0.313 e. The van der Waals surface area contributed by atoms with E-state index in [1.54, 1.807) is 11.3 Å². The van der Waals surface area contributed by atoms with E-state index in [1.807, 2.05) is 42.5 Å². The molecule has 1 N–H and O–H groups in total. The summed E-state index contributed by atoms with van der Waals surface area (Å²) < 4.78 is 0. The monoisotopic (exact) mass is 452 g/mol. The van der Waals surface area contributed by atoms with Crippen molar-refractivity contribution in [2.75, 3.05) is 18.4 Å². The van der Waals surface area contributed by atoms with Crippen molar-refractivity contribution in [3.05, 3.63) is 86.8 Å². The van der Waals surface area contributed by atoms with Crippen LogP contribution >= 0.6 is 22.9 Å². The molecule has 1 aromatic heterocycles. The fourth-order valence-electron chi connectivity index (χ4n) is 4.32. The van der Waals surface area contributed by atoms with Gasteiger partial charge in [0.25, 0.3) is 5.91 Å². The van der Waals surface area contributed by atoms with Gasteiger partial charge in [0.1, 0.15) is 5.00 Å². The number of rotatable bonds is 5. The van der Waals surface area contributed by atoms with Gasteiger partial charge in [-0.15, -0.1) is 11.3 Å². The molecule has 1 amide bonds. The molecule has 3 nitrogen and oxygen atoms in total. The van der Waals surface area contributed by atoms with Crippen molar-refractivity contribution in [2.24, 2.45) is 5.92 Å². The Morgan fingerprint density at radius 1 is 1.06 bits per heavy atom. The molecule has 0 bridgehead atoms. The summed E-state index contributed by atoms with van der Waals surface area (Å²) in [5.41, 5.74) is 4.36. The molecule has 1 fully saturated rings. The third-order valence-corrected chi connectivity index (χ3v) is 7.73. The van der Waals surface area contributed by atoms with E-state index in [-0.39, 0.29) is 11.9 Å². The Balaban J connectivity index is 1.75. The summed E-state index contributed by atoms with van der Waals surface area (Å²) >= 11 is 7.87. The highest BCUT2D eigenvalue weighted by Gasteiger charge is 2.31. The van der Waals surface area contributed by atoms with Crippen molar-refractivity contribution in [1.82, 2.24) is 4.90 Å². The zero-order valence-electron chi connectivity index (χ0n) is 18.3. The molecule has 1 aliphatic heterocycles. The summed E-state index contributed by atoms with van der Waals surface area (Å²) in [7, 11) is 0. The minimum atomic E-state index is -0.0646. The van der Waals surface area contributed by atoms with Crippen LogP contribution in [-0.2, 0) is 0 Å². The molecule has 2 heterocycles. The van der Waals surface area contributed by atoms with E-state index in [1.165, 1.54) is 34.4 Å². The van der Waals surface area contributed by atoms with Crippen LogP contribution in [0.5, 0.6) is 0 Å². The van der Waals surface area contributed by atoms with Gasteiger partial charge >= 0.3 is 0 Å². The first kappa shape index (κ1) is 22.1. The van der Waals surface area contributed by atoms with E-state index in [0.29, 0.717) is 5.56 Å². The average molecular weight is 453 g/mol. The number of hydrogen-bond donors (Lipinski definition) is 1. The standard InChI is InChI=1S/C26H29ClN2OS/c1-17-13-15-29(16-14-17)24(20-9-11-22(27)12-10-20)23-18(2)19(3)31-26(23)28-25(30)21-7-5-4-6-8-21/h4-12,17,24H,13-16H2,1-3H3,(H,28,30). The number of aryl methyl sites for hydroxylation is 1. The number of nitrogens with one attached hydrogen (secondary N) is 1. The number of thiophene rings is 1. The van der Waals surface area contributed by atoms with Gasteiger partial charge in [-0.25, -0.2) is 0 Å². The Labute approximate surface area is 194 Å². The molecular weight excluding hydrogens is 424 g/mol. The van der Waals surface area contributed by atoms with Crippen molar-refractivity contribution in [2.45, 2.75) is 39.7 Å². The van der Waals surface area contributed by atoms with Crippen LogP contribution in [0.4, 0.5) is 5.00 Å². The molecule has 1 saturated heterocycles. The zero-order valence-corrected chi connectivity index (χ0v) is 19.9. The second-order valence-electron chi connectivity index (χ2n) is 8.52. The third kappa shape index (κ3) is 4.87. The Hall–Kier alpha value is -2.14. The molecule has 1 aliphatic rings. The Bertz CT molecular complexity index is 1040. The van der Waals surface area contributed by atoms with Crippen molar-refractivity contribution < 1.29 is 4.79 Å². The number of nitrogens with zero attached hydrogens (tertiary/aromatic N) is 1. The van der Waals surface area contributed by atoms with Crippen LogP contribution in [0.2, 0.25) is 5.02 Å². The first-order valence-electron chi connectivity index (χ1n) is 10.9. The van der Waals surface area contributed by atoms with Crippen LogP contribution in [-0.4, -0.2) is 23.9 Å². The summed E-state index contributed by atoms with van der Waals surface area (Å²) in [5, 5.41) is 4.91. The van der Waals surface area contributed by atoms with E-state index >= 15 is 0 Å². The summed E-state index contributed by atoms with van der Waals surface area (Å²) in [6, 6.07) is 17.7. The smallest absolute Gasteiger partial charge is 0.256 e. The molecule has 1 atom stereocenters. The lowest BCUT2D eigenvalue weighted by Crippen LogP contribution is -2.37. The number of hydrogen-bond acceptors (Lipinski definition) is 3. The topological polar surface area (TPSA) is 32.3 Å². The number of carbonyl (C=O) groups excluding carboxylic acids is 1. The molecule has 0 saturated carbocycles. The van der Waals surface area contributed by atoms with Crippen LogP contribution in [0.1, 0.15) is 57.7 Å². The van der Waals surface area contributed by atoms with Gasteiger partial charge in [0.15, 0.2) is 0 Å². The molecule has 0 spiro atoms. The van der Waals surface area contributed by atoms with Crippen LogP contribution < -0.4 is 5.32 Å². The molecule has 162 valence electrons. The second kappa shape index (κ2) is 9.56. The molecule has 0 radical (unpaired) electrons. The molecule has 3 aromatic rings. The minimum Gasteiger partial charge on any atom is -0.313 e. The van der Waals surface area contributed by atoms with Crippen LogP contribution in [0.3, 0.4) is 0 Å². The van der Waals surface area contributed by atoms with Crippen molar-refractivity contribution in [3.8, 4) is 0 Å². The number of halogens is 1. The van der Waals surface area contributed by atoms with E-state index < -0.39 is 0 Å². The number of anilines is 1. The molecule has 0 aliphatic carbocycles. The van der Waals surface area contributed by atoms with E-state index in [4.69, 9.17) is 11.6 Å². The van der Waals surface area contributed by atoms with Gasteiger partial charge in [0.05, 0.1) is 6.04 Å². The zero-order chi connectivity index (χ0) is 22.0. The molecule has 5 heteroatoms. The first-order chi connectivity index (χ1) is 14.9. The van der Waals surface area contributed by atoms with Gasteiger partial charge < -0.3 is 5.32 Å². The summed E-state index contributed by atoms with van der Waals surface area (Å²) in [5.74, 6) is 0.690. The van der Waals surface area contributed by atoms with Crippen LogP contribution in [0.15, 0.2) is 54.6 Å². The number of likely N-dealkylation sites (tertiary alicyclic amines) is 1. The number of carbonyl (C=O) groups is 1. The molecule has 1 unspecified atom stereocenters. The lowest BCUT2D eigenvalue weighted by atomic mass is 9.91. The molecule has 31 heavy (non-hydrogen) atoms. The highest BCUT2D eigenvalue weighted by Crippen LogP contribution is 2.43. The van der Waals surface area contributed by atoms with Gasteiger partial charge in [-0.2, -0.15) is 0 Å². The Morgan fingerprint density at radius 2 is 1.71 bits per heavy atom. The number of amides is 1. The Morgan fingerprint density at radius 3 is 2.35 bits per heavy atom. The van der Waals surface area contributed by atoms with Gasteiger partial charge in [0, 0.05) is 21.0 Å². The SMILES string of the molecule is Cc1sc(NC(=O)c2ccccc2)c(C(c2ccc(Cl)cc2)N2CCC(C)CC2)c1C. The van der Waals surface area contributed by atoms with Gasteiger partial charge in [0.2, 0.25) is 0 Å². The van der Waals surface area contributed by atoms with E-state index in [0.717, 1.165) is 29.0 Å². The molecule has 2 aromatic carbocycles. The van der Waals surface area contributed by atoms with Crippen LogP contribution in [0.25, 0.3) is 0 Å². The number of benzene rings is 2. The maximum Gasteiger partial charge on any atom is 0.256 e. The highest BCUT2D eigenvalue weighted by atomic mass is 35.5. The quantitative estimate of drug-likeness (QED) is 0.448. The predicted octanol–water partition coefficient (Wildman–Crippen LogP) is 7.09. The minimum absolute atomic E-state index is 0.0646. The van der Waals surface area contributed by atoms with Crippen molar-refractivity contribution >= 4 is 33.8 Å². The molecular formula is C26H29ClN2OS. The van der Waals surface area contributed by atoms with Crippen molar-refractivity contribution in [3.63, 3.8) is 0 Å². The Kier molecular flexibility index (Phi) is 6.80. The van der Waals surface area contributed by atoms with Gasteiger partial charge in [-0.1, -0.05) is 48.9 Å². The lowest BCUT2D eigenvalue weighted by Gasteiger charge is -2.37. The average Bonchev–Trinajstić information content (AvgIpc) is 3.05. The van der Waals surface area contributed by atoms with Crippen molar-refractivity contribution in [1.29, 1.82) is 0 Å². The van der Waals surface area contributed by atoms with Gasteiger partial charge in [-0.05, 0) is 81.1 Å².